The molecule has 0 radical (unpaired) electrons. The summed E-state index contributed by atoms with van der Waals surface area (Å²) in [5, 5.41) is 8.58. The number of rotatable bonds is 6. The van der Waals surface area contributed by atoms with Gasteiger partial charge in [-0.25, -0.2) is 5.43 Å². The predicted molar refractivity (Wildman–Crippen MR) is 123 cm³/mol. The molecular weight excluding hydrogens is 392 g/mol. The molecule has 0 saturated carbocycles. The molecule has 1 N–H and O–H groups in total. The molecule has 4 rings (SSSR count). The fourth-order valence-electron chi connectivity index (χ4n) is 3.62. The second kappa shape index (κ2) is 8.75. The molecule has 0 heterocycles. The average Bonchev–Trinajstić information content (AvgIpc) is 2.82. The fraction of sp³-hybridized carbons (Fsp3) is 0.120. The SMILES string of the molecule is COc1cc(C(=O)NN=Cc2c3ccccc3cc3ccccc23)cc(OC)c1OC. The highest BCUT2D eigenvalue weighted by atomic mass is 16.5. The van der Waals surface area contributed by atoms with Crippen molar-refractivity contribution in [2.24, 2.45) is 5.10 Å². The fourth-order valence-corrected chi connectivity index (χ4v) is 3.62. The van der Waals surface area contributed by atoms with E-state index >= 15 is 0 Å². The highest BCUT2D eigenvalue weighted by Gasteiger charge is 2.16. The van der Waals surface area contributed by atoms with E-state index in [1.165, 1.54) is 21.3 Å². The van der Waals surface area contributed by atoms with Gasteiger partial charge in [0.2, 0.25) is 5.75 Å². The third-order valence-corrected chi connectivity index (χ3v) is 5.10. The van der Waals surface area contributed by atoms with Crippen LogP contribution in [0.15, 0.2) is 71.8 Å². The number of hydrogen-bond donors (Lipinski definition) is 1. The number of amides is 1. The lowest BCUT2D eigenvalue weighted by molar-refractivity contribution is 0.0954. The summed E-state index contributed by atoms with van der Waals surface area (Å²) in [4.78, 5) is 12.7. The minimum Gasteiger partial charge on any atom is -0.493 e. The molecule has 0 spiro atoms. The van der Waals surface area contributed by atoms with Crippen LogP contribution < -0.4 is 19.6 Å². The molecule has 0 aliphatic heterocycles. The number of ether oxygens (including phenoxy) is 3. The quantitative estimate of drug-likeness (QED) is 0.280. The van der Waals surface area contributed by atoms with Crippen LogP contribution in [0.3, 0.4) is 0 Å². The lowest BCUT2D eigenvalue weighted by Gasteiger charge is -2.13. The Hall–Kier alpha value is -4.06. The molecule has 4 aromatic rings. The van der Waals surface area contributed by atoms with Gasteiger partial charge in [-0.05, 0) is 39.7 Å². The maximum absolute atomic E-state index is 12.7. The minimum atomic E-state index is -0.389. The Balaban J connectivity index is 1.68. The summed E-state index contributed by atoms with van der Waals surface area (Å²) in [6.07, 6.45) is 1.68. The van der Waals surface area contributed by atoms with Crippen molar-refractivity contribution in [3.05, 3.63) is 77.9 Å². The summed E-state index contributed by atoms with van der Waals surface area (Å²) in [6.45, 7) is 0. The smallest absolute Gasteiger partial charge is 0.271 e. The second-order valence-electron chi connectivity index (χ2n) is 6.85. The first-order valence-electron chi connectivity index (χ1n) is 9.70. The van der Waals surface area contributed by atoms with Gasteiger partial charge in [-0.1, -0.05) is 48.5 Å². The van der Waals surface area contributed by atoms with Gasteiger partial charge in [0, 0.05) is 11.1 Å². The molecule has 4 aromatic carbocycles. The molecule has 0 aliphatic rings. The number of benzene rings is 4. The van der Waals surface area contributed by atoms with E-state index in [0.717, 1.165) is 27.1 Å². The predicted octanol–water partition coefficient (Wildman–Crippen LogP) is 4.78. The van der Waals surface area contributed by atoms with Crippen molar-refractivity contribution >= 4 is 33.7 Å². The van der Waals surface area contributed by atoms with Crippen LogP contribution in [-0.2, 0) is 0 Å². The van der Waals surface area contributed by atoms with Crippen LogP contribution in [0.25, 0.3) is 21.5 Å². The summed E-state index contributed by atoms with van der Waals surface area (Å²) >= 11 is 0. The molecule has 6 heteroatoms. The van der Waals surface area contributed by atoms with E-state index in [4.69, 9.17) is 14.2 Å². The Labute approximate surface area is 180 Å². The standard InChI is InChI=1S/C25H22N2O4/c1-29-22-13-18(14-23(30-2)24(22)31-3)25(28)27-26-15-21-19-10-6-4-8-16(19)12-17-9-5-7-11-20(17)21/h4-15H,1-3H3,(H,27,28). The van der Waals surface area contributed by atoms with E-state index in [-0.39, 0.29) is 5.91 Å². The van der Waals surface area contributed by atoms with Gasteiger partial charge < -0.3 is 14.2 Å². The molecule has 6 nitrogen and oxygen atoms in total. The average molecular weight is 414 g/mol. The van der Waals surface area contributed by atoms with Gasteiger partial charge in [-0.3, -0.25) is 4.79 Å². The normalized spacial score (nSPS) is 11.1. The number of hydrogen-bond acceptors (Lipinski definition) is 5. The van der Waals surface area contributed by atoms with Crippen molar-refractivity contribution in [2.45, 2.75) is 0 Å². The molecule has 0 saturated heterocycles. The second-order valence-corrected chi connectivity index (χ2v) is 6.85. The molecule has 31 heavy (non-hydrogen) atoms. The van der Waals surface area contributed by atoms with Gasteiger partial charge in [-0.2, -0.15) is 5.10 Å². The molecule has 0 unspecified atom stereocenters. The number of methoxy groups -OCH3 is 3. The van der Waals surface area contributed by atoms with Gasteiger partial charge >= 0.3 is 0 Å². The van der Waals surface area contributed by atoms with Crippen molar-refractivity contribution in [1.29, 1.82) is 0 Å². The Morgan fingerprint density at radius 2 is 1.35 bits per heavy atom. The monoisotopic (exact) mass is 414 g/mol. The Kier molecular flexibility index (Phi) is 5.71. The van der Waals surface area contributed by atoms with Crippen LogP contribution in [0, 0.1) is 0 Å². The van der Waals surface area contributed by atoms with Crippen LogP contribution in [0.5, 0.6) is 17.2 Å². The first-order chi connectivity index (χ1) is 15.2. The van der Waals surface area contributed by atoms with Crippen LogP contribution >= 0.6 is 0 Å². The lowest BCUT2D eigenvalue weighted by atomic mass is 9.97. The van der Waals surface area contributed by atoms with E-state index in [2.05, 4.69) is 28.7 Å². The van der Waals surface area contributed by atoms with Crippen LogP contribution in [0.2, 0.25) is 0 Å². The van der Waals surface area contributed by atoms with E-state index in [0.29, 0.717) is 22.8 Å². The summed E-state index contributed by atoms with van der Waals surface area (Å²) < 4.78 is 15.9. The van der Waals surface area contributed by atoms with E-state index in [9.17, 15) is 4.79 Å². The van der Waals surface area contributed by atoms with Crippen molar-refractivity contribution in [3.63, 3.8) is 0 Å². The van der Waals surface area contributed by atoms with Gasteiger partial charge in [-0.15, -0.1) is 0 Å². The molecule has 1 amide bonds. The highest BCUT2D eigenvalue weighted by Crippen LogP contribution is 2.38. The molecule has 0 aliphatic carbocycles. The number of nitrogens with one attached hydrogen (secondary N) is 1. The minimum absolute atomic E-state index is 0.342. The maximum atomic E-state index is 12.7. The molecule has 0 atom stereocenters. The summed E-state index contributed by atoms with van der Waals surface area (Å²) in [5.41, 5.74) is 3.88. The van der Waals surface area contributed by atoms with Crippen molar-refractivity contribution in [2.75, 3.05) is 21.3 Å². The first kappa shape index (κ1) is 20.2. The van der Waals surface area contributed by atoms with Crippen LogP contribution in [0.1, 0.15) is 15.9 Å². The van der Waals surface area contributed by atoms with E-state index < -0.39 is 0 Å². The van der Waals surface area contributed by atoms with E-state index in [1.807, 2.05) is 36.4 Å². The van der Waals surface area contributed by atoms with Gasteiger partial charge in [0.25, 0.3) is 5.91 Å². The van der Waals surface area contributed by atoms with Crippen LogP contribution in [0.4, 0.5) is 0 Å². The van der Waals surface area contributed by atoms with Gasteiger partial charge in [0.15, 0.2) is 11.5 Å². The highest BCUT2D eigenvalue weighted by molar-refractivity contribution is 6.13. The molecule has 0 aromatic heterocycles. The van der Waals surface area contributed by atoms with Crippen molar-refractivity contribution in [3.8, 4) is 17.2 Å². The zero-order chi connectivity index (χ0) is 21.8. The maximum Gasteiger partial charge on any atom is 0.271 e. The first-order valence-corrected chi connectivity index (χ1v) is 9.70. The third kappa shape index (κ3) is 3.88. The van der Waals surface area contributed by atoms with Crippen LogP contribution in [-0.4, -0.2) is 33.5 Å². The number of nitrogens with zero attached hydrogens (tertiary/aromatic N) is 1. The molecular formula is C25H22N2O4. The third-order valence-electron chi connectivity index (χ3n) is 5.10. The van der Waals surface area contributed by atoms with Crippen molar-refractivity contribution < 1.29 is 19.0 Å². The van der Waals surface area contributed by atoms with E-state index in [1.54, 1.807) is 18.3 Å². The number of fused-ring (bicyclic) bond motifs is 2. The van der Waals surface area contributed by atoms with Gasteiger partial charge in [0.05, 0.1) is 27.5 Å². The summed E-state index contributed by atoms with van der Waals surface area (Å²) in [5.74, 6) is 0.833. The Bertz CT molecular complexity index is 1220. The Morgan fingerprint density at radius 1 is 0.806 bits per heavy atom. The largest absolute Gasteiger partial charge is 0.493 e. The zero-order valence-corrected chi connectivity index (χ0v) is 17.5. The summed E-state index contributed by atoms with van der Waals surface area (Å²) in [6, 6.07) is 21.5. The number of carbonyl (C=O) groups excluding carboxylic acids is 1. The molecule has 0 bridgehead atoms. The zero-order valence-electron chi connectivity index (χ0n) is 17.5. The molecule has 156 valence electrons. The number of carbonyl (C=O) groups is 1. The lowest BCUT2D eigenvalue weighted by Crippen LogP contribution is -2.18. The van der Waals surface area contributed by atoms with Gasteiger partial charge in [0.1, 0.15) is 0 Å². The number of hydrazone groups is 1. The molecule has 0 fully saturated rings. The topological polar surface area (TPSA) is 69.2 Å². The Morgan fingerprint density at radius 3 is 1.87 bits per heavy atom. The van der Waals surface area contributed by atoms with Crippen molar-refractivity contribution in [1.82, 2.24) is 5.43 Å². The summed E-state index contributed by atoms with van der Waals surface area (Å²) in [7, 11) is 4.52.